The van der Waals surface area contributed by atoms with E-state index < -0.39 is 0 Å². The molecule has 0 aromatic heterocycles. The van der Waals surface area contributed by atoms with Gasteiger partial charge in [0.15, 0.2) is 16.8 Å². The molecule has 0 unspecified atom stereocenters. The molecular formula is C19H21BrN4O2S2. The third-order valence-corrected chi connectivity index (χ3v) is 4.64. The molecule has 2 aromatic rings. The van der Waals surface area contributed by atoms with Crippen molar-refractivity contribution in [2.45, 2.75) is 20.3 Å². The first-order valence-corrected chi connectivity index (χ1v) is 10.1. The third kappa shape index (κ3) is 7.41. The average Bonchev–Trinajstić information content (AvgIpc) is 2.67. The number of amides is 1. The van der Waals surface area contributed by atoms with Gasteiger partial charge in [0.2, 0.25) is 0 Å². The van der Waals surface area contributed by atoms with E-state index in [0.717, 1.165) is 22.1 Å². The topological polar surface area (TPSA) is 74.4 Å². The van der Waals surface area contributed by atoms with Gasteiger partial charge in [-0.3, -0.25) is 21.0 Å². The zero-order chi connectivity index (χ0) is 20.5. The Morgan fingerprint density at radius 2 is 1.75 bits per heavy atom. The van der Waals surface area contributed by atoms with Crippen LogP contribution in [0.2, 0.25) is 0 Å². The molecule has 0 radical (unpaired) electrons. The monoisotopic (exact) mass is 480 g/mol. The van der Waals surface area contributed by atoms with E-state index in [-0.39, 0.29) is 17.6 Å². The van der Waals surface area contributed by atoms with Crippen molar-refractivity contribution in [2.24, 2.45) is 0 Å². The molecule has 0 atom stereocenters. The van der Waals surface area contributed by atoms with E-state index >= 15 is 0 Å². The fourth-order valence-electron chi connectivity index (χ4n) is 2.13. The Hall–Kier alpha value is -2.23. The highest BCUT2D eigenvalue weighted by molar-refractivity contribution is 9.10. The van der Waals surface area contributed by atoms with Crippen LogP contribution >= 0.6 is 40.4 Å². The second kappa shape index (κ2) is 10.9. The Morgan fingerprint density at radius 3 is 2.39 bits per heavy atom. The standard InChI is InChI=1S/C19H21BrN4O2S2/c1-3-13-6-9-16(15(20)10-13)26-11-17(25)22-19(28)24-23-18(27)21-14-7-4-12(2)5-8-14/h4-10H,3,11H2,1-2H3,(H2,21,23,27)(H2,22,24,25,28). The number of hydrogen-bond donors (Lipinski definition) is 4. The lowest BCUT2D eigenvalue weighted by Crippen LogP contribution is -2.50. The highest BCUT2D eigenvalue weighted by atomic mass is 79.9. The molecule has 148 valence electrons. The summed E-state index contributed by atoms with van der Waals surface area (Å²) in [5, 5.41) is 5.91. The summed E-state index contributed by atoms with van der Waals surface area (Å²) in [7, 11) is 0. The van der Waals surface area contributed by atoms with E-state index in [1.54, 1.807) is 0 Å². The summed E-state index contributed by atoms with van der Waals surface area (Å²) in [6.07, 6.45) is 0.924. The van der Waals surface area contributed by atoms with Gasteiger partial charge >= 0.3 is 0 Å². The van der Waals surface area contributed by atoms with Gasteiger partial charge in [0, 0.05) is 5.69 Å². The van der Waals surface area contributed by atoms with Crippen LogP contribution < -0.4 is 26.2 Å². The fraction of sp³-hybridized carbons (Fsp3) is 0.211. The minimum atomic E-state index is -0.386. The van der Waals surface area contributed by atoms with E-state index in [2.05, 4.69) is 44.3 Å². The smallest absolute Gasteiger partial charge is 0.264 e. The van der Waals surface area contributed by atoms with Gasteiger partial charge in [0.1, 0.15) is 5.75 Å². The molecule has 0 saturated carbocycles. The van der Waals surface area contributed by atoms with Crippen LogP contribution in [0, 0.1) is 6.92 Å². The number of hydrogen-bond acceptors (Lipinski definition) is 4. The number of halogens is 1. The van der Waals surface area contributed by atoms with E-state index in [1.807, 2.05) is 49.4 Å². The number of rotatable bonds is 5. The number of aryl methyl sites for hydroxylation is 2. The van der Waals surface area contributed by atoms with Crippen molar-refractivity contribution >= 4 is 62.2 Å². The quantitative estimate of drug-likeness (QED) is 0.384. The Bertz CT molecular complexity index is 860. The lowest BCUT2D eigenvalue weighted by molar-refractivity contribution is -0.121. The molecule has 0 bridgehead atoms. The van der Waals surface area contributed by atoms with Gasteiger partial charge in [-0.05, 0) is 83.5 Å². The number of benzene rings is 2. The van der Waals surface area contributed by atoms with Gasteiger partial charge in [0.05, 0.1) is 4.47 Å². The number of ether oxygens (including phenoxy) is 1. The molecular weight excluding hydrogens is 460 g/mol. The number of hydrazine groups is 1. The maximum atomic E-state index is 12.0. The van der Waals surface area contributed by atoms with Crippen LogP contribution in [-0.4, -0.2) is 22.7 Å². The Morgan fingerprint density at radius 1 is 1.07 bits per heavy atom. The number of carbonyl (C=O) groups is 1. The van der Waals surface area contributed by atoms with Crippen LogP contribution in [0.3, 0.4) is 0 Å². The summed E-state index contributed by atoms with van der Waals surface area (Å²) in [4.78, 5) is 12.0. The van der Waals surface area contributed by atoms with E-state index in [0.29, 0.717) is 10.9 Å². The maximum absolute atomic E-state index is 12.0. The lowest BCUT2D eigenvalue weighted by Gasteiger charge is -2.14. The third-order valence-electron chi connectivity index (χ3n) is 3.62. The Kier molecular flexibility index (Phi) is 8.62. The minimum absolute atomic E-state index is 0.0852. The summed E-state index contributed by atoms with van der Waals surface area (Å²) >= 11 is 13.7. The molecule has 0 saturated heterocycles. The normalized spacial score (nSPS) is 9.96. The van der Waals surface area contributed by atoms with Crippen molar-refractivity contribution in [2.75, 3.05) is 11.9 Å². The largest absolute Gasteiger partial charge is 0.483 e. The first-order chi connectivity index (χ1) is 13.4. The van der Waals surface area contributed by atoms with Crippen LogP contribution in [0.4, 0.5) is 5.69 Å². The molecule has 2 aromatic carbocycles. The maximum Gasteiger partial charge on any atom is 0.264 e. The highest BCUT2D eigenvalue weighted by Crippen LogP contribution is 2.26. The van der Waals surface area contributed by atoms with Crippen molar-refractivity contribution in [3.63, 3.8) is 0 Å². The van der Waals surface area contributed by atoms with Crippen molar-refractivity contribution < 1.29 is 9.53 Å². The second-order valence-corrected chi connectivity index (χ2v) is 7.53. The van der Waals surface area contributed by atoms with Crippen molar-refractivity contribution in [1.29, 1.82) is 0 Å². The summed E-state index contributed by atoms with van der Waals surface area (Å²) in [5.74, 6) is 0.205. The molecule has 1 amide bonds. The Balaban J connectivity index is 1.71. The van der Waals surface area contributed by atoms with Gasteiger partial charge in [-0.1, -0.05) is 30.7 Å². The molecule has 28 heavy (non-hydrogen) atoms. The van der Waals surface area contributed by atoms with Crippen LogP contribution in [0.1, 0.15) is 18.1 Å². The van der Waals surface area contributed by atoms with Gasteiger partial charge in [-0.25, -0.2) is 0 Å². The molecule has 6 nitrogen and oxygen atoms in total. The van der Waals surface area contributed by atoms with Crippen molar-refractivity contribution in [3.05, 3.63) is 58.1 Å². The summed E-state index contributed by atoms with van der Waals surface area (Å²) < 4.78 is 6.31. The molecule has 0 fully saturated rings. The highest BCUT2D eigenvalue weighted by Gasteiger charge is 2.08. The molecule has 0 heterocycles. The molecule has 9 heteroatoms. The van der Waals surface area contributed by atoms with Crippen molar-refractivity contribution in [3.8, 4) is 5.75 Å². The van der Waals surface area contributed by atoms with Crippen molar-refractivity contribution in [1.82, 2.24) is 16.2 Å². The SMILES string of the molecule is CCc1ccc(OCC(=O)NC(=S)NNC(=S)Nc2ccc(C)cc2)c(Br)c1. The predicted octanol–water partition coefficient (Wildman–Crippen LogP) is 3.59. The number of nitrogens with one attached hydrogen (secondary N) is 4. The van der Waals surface area contributed by atoms with Crippen LogP contribution in [0.25, 0.3) is 0 Å². The second-order valence-electron chi connectivity index (χ2n) is 5.85. The van der Waals surface area contributed by atoms with Gasteiger partial charge < -0.3 is 10.1 Å². The minimum Gasteiger partial charge on any atom is -0.483 e. The molecule has 0 aliphatic heterocycles. The fourth-order valence-corrected chi connectivity index (χ4v) is 3.01. The molecule has 4 N–H and O–H groups in total. The van der Waals surface area contributed by atoms with Crippen LogP contribution in [0.5, 0.6) is 5.75 Å². The summed E-state index contributed by atoms with van der Waals surface area (Å²) in [6, 6.07) is 13.5. The molecule has 0 aliphatic carbocycles. The lowest BCUT2D eigenvalue weighted by atomic mass is 10.2. The van der Waals surface area contributed by atoms with E-state index in [4.69, 9.17) is 29.2 Å². The van der Waals surface area contributed by atoms with Gasteiger partial charge in [0.25, 0.3) is 5.91 Å². The number of thiocarbonyl (C=S) groups is 2. The first kappa shape index (κ1) is 22.1. The van der Waals surface area contributed by atoms with Crippen LogP contribution in [0.15, 0.2) is 46.9 Å². The van der Waals surface area contributed by atoms with Gasteiger partial charge in [-0.15, -0.1) is 0 Å². The molecule has 0 aliphatic rings. The summed E-state index contributed by atoms with van der Waals surface area (Å²) in [5.41, 5.74) is 8.53. The van der Waals surface area contributed by atoms with Crippen LogP contribution in [-0.2, 0) is 11.2 Å². The average molecular weight is 481 g/mol. The zero-order valence-corrected chi connectivity index (χ0v) is 18.7. The van der Waals surface area contributed by atoms with E-state index in [9.17, 15) is 4.79 Å². The predicted molar refractivity (Wildman–Crippen MR) is 123 cm³/mol. The zero-order valence-electron chi connectivity index (χ0n) is 15.5. The number of anilines is 1. The van der Waals surface area contributed by atoms with E-state index in [1.165, 1.54) is 5.56 Å². The number of carbonyl (C=O) groups excluding carboxylic acids is 1. The first-order valence-electron chi connectivity index (χ1n) is 8.52. The molecule has 2 rings (SSSR count). The summed E-state index contributed by atoms with van der Waals surface area (Å²) in [6.45, 7) is 3.91. The molecule has 0 spiro atoms. The Labute approximate surface area is 183 Å². The van der Waals surface area contributed by atoms with Gasteiger partial charge in [-0.2, -0.15) is 0 Å².